The summed E-state index contributed by atoms with van der Waals surface area (Å²) >= 11 is 0. The largest absolute Gasteiger partial charge is 0.510 e. The van der Waals surface area contributed by atoms with Gasteiger partial charge in [-0.3, -0.25) is 0 Å². The van der Waals surface area contributed by atoms with E-state index in [0.717, 1.165) is 12.1 Å². The lowest BCUT2D eigenvalue weighted by atomic mass is 9.80. The highest BCUT2D eigenvalue weighted by Crippen LogP contribution is 2.07. The van der Waals surface area contributed by atoms with Crippen LogP contribution in [-0.4, -0.2) is 12.5 Å². The Morgan fingerprint density at radius 1 is 1.33 bits per heavy atom. The van der Waals surface area contributed by atoms with E-state index in [2.05, 4.69) is 4.98 Å². The van der Waals surface area contributed by atoms with Gasteiger partial charge in [0.1, 0.15) is 0 Å². The third kappa shape index (κ3) is 2.54. The highest BCUT2D eigenvalue weighted by Gasteiger charge is 2.26. The smallest absolute Gasteiger partial charge is 0.445 e. The van der Waals surface area contributed by atoms with Crippen LogP contribution in [0.5, 0.6) is 0 Å². The minimum Gasteiger partial charge on any atom is -0.445 e. The van der Waals surface area contributed by atoms with Crippen LogP contribution in [0.1, 0.15) is 5.69 Å². The summed E-state index contributed by atoms with van der Waals surface area (Å²) in [4.78, 5) is 2.65. The van der Waals surface area contributed by atoms with Crippen LogP contribution in [-0.2, 0) is 0 Å². The van der Waals surface area contributed by atoms with Crippen molar-refractivity contribution in [1.29, 1.82) is 0 Å². The number of H-pyrrole nitrogens is 1. The maximum atomic E-state index is 12.0. The van der Waals surface area contributed by atoms with E-state index in [1.165, 1.54) is 6.20 Å². The summed E-state index contributed by atoms with van der Waals surface area (Å²) in [5.41, 5.74) is -0.0389. The molecule has 0 aliphatic rings. The summed E-state index contributed by atoms with van der Waals surface area (Å²) in [6, 6.07) is 2.13. The molecule has 6 heteroatoms. The van der Waals surface area contributed by atoms with Gasteiger partial charge >= 0.3 is 6.98 Å². The third-order valence-corrected chi connectivity index (χ3v) is 1.35. The number of aromatic nitrogens is 1. The number of hydrogen-bond acceptors (Lipinski definition) is 0. The topological polar surface area (TPSA) is 45.6 Å². The fraction of sp³-hybridized carbons (Fsp3) is 0.167. The fourth-order valence-corrected chi connectivity index (χ4v) is 0.813. The van der Waals surface area contributed by atoms with Crippen molar-refractivity contribution in [2.75, 3.05) is 0 Å². The van der Waals surface area contributed by atoms with E-state index in [1.807, 2.05) is 0 Å². The molecule has 0 bridgehead atoms. The van der Waals surface area contributed by atoms with Gasteiger partial charge in [0.05, 0.1) is 0 Å². The summed E-state index contributed by atoms with van der Waals surface area (Å²) in [6.45, 7) is -3.25. The van der Waals surface area contributed by atoms with Crippen LogP contribution in [0.3, 0.4) is 0 Å². The van der Waals surface area contributed by atoms with Gasteiger partial charge in [0, 0.05) is 6.92 Å². The molecule has 2 nitrogen and oxygen atoms in total. The fourth-order valence-electron chi connectivity index (χ4n) is 0.813. The van der Waals surface area contributed by atoms with Gasteiger partial charge in [-0.2, -0.15) is 0 Å². The molecule has 0 unspecified atom stereocenters. The minimum atomic E-state index is -4.84. The average Bonchev–Trinajstić information content (AvgIpc) is 1.86. The van der Waals surface area contributed by atoms with Gasteiger partial charge in [-0.1, -0.05) is 5.46 Å². The van der Waals surface area contributed by atoms with Crippen LogP contribution in [0.4, 0.5) is 12.9 Å². The van der Waals surface area contributed by atoms with Crippen LogP contribution < -0.4 is 10.4 Å². The second-order valence-electron chi connectivity index (χ2n) is 2.38. The highest BCUT2D eigenvalue weighted by atomic mass is 19.4. The lowest BCUT2D eigenvalue weighted by Gasteiger charge is -2.12. The van der Waals surface area contributed by atoms with Gasteiger partial charge in [-0.05, 0) is 12.1 Å². The molecular weight excluding hydrogens is 170 g/mol. The quantitative estimate of drug-likeness (QED) is 0.546. The molecule has 0 atom stereocenters. The molecule has 1 aromatic rings. The van der Waals surface area contributed by atoms with E-state index in [-0.39, 0.29) is 5.48 Å². The maximum absolute atomic E-state index is 12.0. The summed E-state index contributed by atoms with van der Waals surface area (Å²) < 4.78 is 36.0. The average molecular weight is 179 g/mol. The molecule has 0 saturated heterocycles. The summed E-state index contributed by atoms with van der Waals surface area (Å²) in [6.07, 6.45) is 1.29. The number of nitrogens with one attached hydrogen (secondary N) is 1. The predicted molar refractivity (Wildman–Crippen MR) is 40.1 cm³/mol. The Balaban J connectivity index is 0.00000121. The van der Waals surface area contributed by atoms with Crippen LogP contribution in [0.2, 0.25) is 0 Å². The first-order chi connectivity index (χ1) is 5.00. The van der Waals surface area contributed by atoms with E-state index in [9.17, 15) is 12.9 Å². The van der Waals surface area contributed by atoms with Crippen molar-refractivity contribution in [3.05, 3.63) is 24.0 Å². The molecule has 3 N–H and O–H groups in total. The summed E-state index contributed by atoms with van der Waals surface area (Å²) in [5.74, 6) is 0. The predicted octanol–water partition coefficient (Wildman–Crippen LogP) is 0.0388. The van der Waals surface area contributed by atoms with Gasteiger partial charge in [0.15, 0.2) is 11.9 Å². The van der Waals surface area contributed by atoms with Crippen molar-refractivity contribution < 1.29 is 23.4 Å². The van der Waals surface area contributed by atoms with Gasteiger partial charge in [-0.25, -0.2) is 4.98 Å². The Bertz CT molecular complexity index is 263. The Hall–Kier alpha value is -1.04. The third-order valence-electron chi connectivity index (χ3n) is 1.35. The molecule has 1 aromatic heterocycles. The Morgan fingerprint density at radius 3 is 2.25 bits per heavy atom. The second-order valence-corrected chi connectivity index (χ2v) is 2.38. The molecule has 0 aromatic carbocycles. The number of pyridine rings is 1. The number of aromatic amines is 1. The molecule has 0 spiro atoms. The molecule has 0 aliphatic carbocycles. The minimum absolute atomic E-state index is 0. The van der Waals surface area contributed by atoms with Gasteiger partial charge in [0.2, 0.25) is 0 Å². The van der Waals surface area contributed by atoms with Gasteiger partial charge < -0.3 is 18.4 Å². The zero-order valence-electron chi connectivity index (χ0n) is 6.44. The molecule has 68 valence electrons. The van der Waals surface area contributed by atoms with Crippen LogP contribution in [0, 0.1) is 6.92 Å². The molecular formula is C6H9BF3NO. The lowest BCUT2D eigenvalue weighted by Crippen LogP contribution is -2.35. The van der Waals surface area contributed by atoms with E-state index < -0.39 is 12.4 Å². The lowest BCUT2D eigenvalue weighted by molar-refractivity contribution is -0.387. The van der Waals surface area contributed by atoms with Crippen molar-refractivity contribution in [3.8, 4) is 0 Å². The monoisotopic (exact) mass is 179 g/mol. The van der Waals surface area contributed by atoms with Crippen LogP contribution in [0.15, 0.2) is 18.3 Å². The van der Waals surface area contributed by atoms with Gasteiger partial charge in [-0.15, -0.1) is 0 Å². The molecule has 0 amide bonds. The number of rotatable bonds is 1. The first kappa shape index (κ1) is 11.0. The Kier molecular flexibility index (Phi) is 3.27. The molecule has 1 rings (SSSR count). The van der Waals surface area contributed by atoms with E-state index in [0.29, 0.717) is 5.69 Å². The highest BCUT2D eigenvalue weighted by molar-refractivity contribution is 6.73. The standard InChI is InChI=1S/C6H6BF3N.H2O/c1-5-4-6(2-3-11-5)7(8,9)10;/h2-4H,1H3;1H2/q-1;/p+1. The van der Waals surface area contributed by atoms with Crippen molar-refractivity contribution in [2.24, 2.45) is 0 Å². The van der Waals surface area contributed by atoms with E-state index >= 15 is 0 Å². The normalized spacial score (nSPS) is 10.7. The number of halogens is 3. The SMILES string of the molecule is Cc1cc([B-](F)(F)F)cc[nH+]1.O. The van der Waals surface area contributed by atoms with Crippen molar-refractivity contribution >= 4 is 12.4 Å². The van der Waals surface area contributed by atoms with Crippen LogP contribution in [0.25, 0.3) is 0 Å². The van der Waals surface area contributed by atoms with Gasteiger partial charge in [0.25, 0.3) is 0 Å². The molecule has 0 aliphatic heterocycles. The first-order valence-corrected chi connectivity index (χ1v) is 3.18. The maximum Gasteiger partial charge on any atom is 0.510 e. The van der Waals surface area contributed by atoms with E-state index in [4.69, 9.17) is 0 Å². The molecule has 0 saturated carbocycles. The molecule has 0 radical (unpaired) electrons. The van der Waals surface area contributed by atoms with Crippen molar-refractivity contribution in [3.63, 3.8) is 0 Å². The van der Waals surface area contributed by atoms with Crippen molar-refractivity contribution in [1.82, 2.24) is 0 Å². The zero-order valence-corrected chi connectivity index (χ0v) is 6.44. The number of hydrogen-bond donors (Lipinski definition) is 0. The van der Waals surface area contributed by atoms with Crippen LogP contribution >= 0.6 is 0 Å². The summed E-state index contributed by atoms with van der Waals surface area (Å²) in [7, 11) is 0. The Morgan fingerprint density at radius 2 is 1.92 bits per heavy atom. The zero-order chi connectivity index (χ0) is 8.48. The molecule has 0 fully saturated rings. The number of aryl methyl sites for hydroxylation is 1. The second kappa shape index (κ2) is 3.58. The van der Waals surface area contributed by atoms with E-state index in [1.54, 1.807) is 6.92 Å². The first-order valence-electron chi connectivity index (χ1n) is 3.18. The summed E-state index contributed by atoms with van der Waals surface area (Å²) in [5, 5.41) is 0. The molecule has 12 heavy (non-hydrogen) atoms. The van der Waals surface area contributed by atoms with Crippen molar-refractivity contribution in [2.45, 2.75) is 6.92 Å². The Labute approximate surface area is 67.8 Å². The molecule has 1 heterocycles.